The maximum absolute atomic E-state index is 13.1. The average molecular weight is 414 g/mol. The van der Waals surface area contributed by atoms with E-state index in [1.165, 1.54) is 18.2 Å². The van der Waals surface area contributed by atoms with Gasteiger partial charge in [-0.15, -0.1) is 0 Å². The second-order valence-corrected chi connectivity index (χ2v) is 6.50. The molecule has 0 fully saturated rings. The minimum atomic E-state index is -1.34. The first kappa shape index (κ1) is 20.3. The first-order chi connectivity index (χ1) is 13.9. The number of benzene rings is 2. The van der Waals surface area contributed by atoms with Crippen molar-refractivity contribution < 1.29 is 18.7 Å². The molecule has 1 heterocycles. The van der Waals surface area contributed by atoms with Crippen LogP contribution in [-0.4, -0.2) is 21.7 Å². The number of nitrogens with zero attached hydrogens (tertiary/aromatic N) is 2. The Kier molecular flexibility index (Phi) is 6.09. The van der Waals surface area contributed by atoms with Crippen molar-refractivity contribution in [1.29, 1.82) is 0 Å². The van der Waals surface area contributed by atoms with Gasteiger partial charge in [-0.05, 0) is 37.3 Å². The number of esters is 1. The van der Waals surface area contributed by atoms with E-state index >= 15 is 0 Å². The van der Waals surface area contributed by atoms with Gasteiger partial charge in [-0.25, -0.2) is 13.9 Å². The van der Waals surface area contributed by atoms with E-state index < -0.39 is 23.8 Å². The molecule has 3 aromatic rings. The Hall–Kier alpha value is -3.45. The molecular weight excluding hydrogens is 397 g/mol. The van der Waals surface area contributed by atoms with Crippen molar-refractivity contribution in [2.45, 2.75) is 13.0 Å². The number of ether oxygens (including phenoxy) is 1. The number of carbonyl (C=O) groups is 2. The number of aryl methyl sites for hydroxylation is 1. The highest BCUT2D eigenvalue weighted by molar-refractivity contribution is 6.31. The Morgan fingerprint density at radius 1 is 1.17 bits per heavy atom. The van der Waals surface area contributed by atoms with Crippen LogP contribution in [0.1, 0.15) is 22.9 Å². The van der Waals surface area contributed by atoms with E-state index in [1.807, 2.05) is 30.3 Å². The lowest BCUT2D eigenvalue weighted by Gasteiger charge is -2.13. The smallest absolute Gasteiger partial charge is 0.331 e. The van der Waals surface area contributed by atoms with Gasteiger partial charge in [-0.2, -0.15) is 5.10 Å². The molecule has 0 aliphatic rings. The van der Waals surface area contributed by atoms with Crippen LogP contribution in [0.3, 0.4) is 0 Å². The molecule has 3 rings (SSSR count). The van der Waals surface area contributed by atoms with Gasteiger partial charge < -0.3 is 10.5 Å². The molecular formula is C21H17ClFN3O3. The van der Waals surface area contributed by atoms with Crippen LogP contribution in [0.25, 0.3) is 11.8 Å². The molecule has 1 aromatic heterocycles. The molecule has 2 N–H and O–H groups in total. The van der Waals surface area contributed by atoms with Gasteiger partial charge in [-0.1, -0.05) is 41.9 Å². The number of amides is 1. The summed E-state index contributed by atoms with van der Waals surface area (Å²) in [5.74, 6) is -2.16. The topological polar surface area (TPSA) is 87.2 Å². The summed E-state index contributed by atoms with van der Waals surface area (Å²) in [7, 11) is 0. The van der Waals surface area contributed by atoms with Crippen molar-refractivity contribution in [2.24, 2.45) is 5.73 Å². The monoisotopic (exact) mass is 413 g/mol. The third kappa shape index (κ3) is 4.70. The van der Waals surface area contributed by atoms with Crippen molar-refractivity contribution in [1.82, 2.24) is 9.78 Å². The number of nitrogens with two attached hydrogens (primary N) is 1. The molecule has 1 atom stereocenters. The summed E-state index contributed by atoms with van der Waals surface area (Å²) in [4.78, 5) is 23.9. The summed E-state index contributed by atoms with van der Waals surface area (Å²) in [5.41, 5.74) is 7.49. The van der Waals surface area contributed by atoms with Gasteiger partial charge in [0.1, 0.15) is 11.0 Å². The zero-order valence-electron chi connectivity index (χ0n) is 15.4. The molecule has 0 aliphatic carbocycles. The molecule has 29 heavy (non-hydrogen) atoms. The van der Waals surface area contributed by atoms with Crippen molar-refractivity contribution in [3.8, 4) is 5.69 Å². The van der Waals surface area contributed by atoms with Gasteiger partial charge in [-0.3, -0.25) is 4.79 Å². The third-order valence-corrected chi connectivity index (χ3v) is 4.46. The third-order valence-electron chi connectivity index (χ3n) is 4.10. The van der Waals surface area contributed by atoms with Gasteiger partial charge in [0, 0.05) is 17.2 Å². The van der Waals surface area contributed by atoms with Crippen molar-refractivity contribution in [3.05, 3.63) is 88.5 Å². The molecule has 1 amide bonds. The number of carbonyl (C=O) groups excluding carboxylic acids is 2. The molecule has 0 saturated heterocycles. The molecule has 1 unspecified atom stereocenters. The molecule has 0 spiro atoms. The zero-order valence-corrected chi connectivity index (χ0v) is 16.1. The van der Waals surface area contributed by atoms with E-state index in [1.54, 1.807) is 11.6 Å². The van der Waals surface area contributed by atoms with Crippen LogP contribution in [0.4, 0.5) is 4.39 Å². The number of hydrogen-bond donors (Lipinski definition) is 1. The standard InChI is InChI=1S/C21H17ClFN3O3/c1-13-17(20(22)26(25-13)16-5-3-2-4-6-16)11-12-18(27)29-19(21(24)28)14-7-9-15(23)10-8-14/h2-12,19H,1H3,(H2,24,28)/b12-11+. The lowest BCUT2D eigenvalue weighted by Crippen LogP contribution is -2.25. The fourth-order valence-corrected chi connectivity index (χ4v) is 3.01. The Morgan fingerprint density at radius 3 is 2.45 bits per heavy atom. The molecule has 148 valence electrons. The number of rotatable bonds is 6. The summed E-state index contributed by atoms with van der Waals surface area (Å²) in [6, 6.07) is 14.2. The van der Waals surface area contributed by atoms with Crippen molar-refractivity contribution in [2.75, 3.05) is 0 Å². The fraction of sp³-hybridized carbons (Fsp3) is 0.0952. The summed E-state index contributed by atoms with van der Waals surface area (Å²) in [5, 5.41) is 4.70. The van der Waals surface area contributed by atoms with Gasteiger partial charge in [0.25, 0.3) is 5.91 Å². The molecule has 2 aromatic carbocycles. The van der Waals surface area contributed by atoms with E-state index in [-0.39, 0.29) is 5.56 Å². The van der Waals surface area contributed by atoms with Crippen LogP contribution in [0.2, 0.25) is 5.15 Å². The number of aromatic nitrogens is 2. The van der Waals surface area contributed by atoms with Crippen LogP contribution in [0.15, 0.2) is 60.7 Å². The fourth-order valence-electron chi connectivity index (χ4n) is 2.68. The van der Waals surface area contributed by atoms with Crippen molar-refractivity contribution in [3.63, 3.8) is 0 Å². The van der Waals surface area contributed by atoms with Crippen LogP contribution >= 0.6 is 11.6 Å². The highest BCUT2D eigenvalue weighted by Crippen LogP contribution is 2.25. The number of halogens is 2. The summed E-state index contributed by atoms with van der Waals surface area (Å²) >= 11 is 6.40. The Balaban J connectivity index is 1.79. The van der Waals surface area contributed by atoms with E-state index in [0.717, 1.165) is 23.9 Å². The highest BCUT2D eigenvalue weighted by atomic mass is 35.5. The van der Waals surface area contributed by atoms with E-state index in [9.17, 15) is 14.0 Å². The van der Waals surface area contributed by atoms with Gasteiger partial charge in [0.05, 0.1) is 11.4 Å². The molecule has 0 aliphatic heterocycles. The second-order valence-electron chi connectivity index (χ2n) is 6.14. The normalized spacial score (nSPS) is 12.1. The summed E-state index contributed by atoms with van der Waals surface area (Å²) < 4.78 is 19.8. The minimum absolute atomic E-state index is 0.270. The van der Waals surface area contributed by atoms with Gasteiger partial charge in [0.15, 0.2) is 0 Å². The van der Waals surface area contributed by atoms with Gasteiger partial charge in [0.2, 0.25) is 6.10 Å². The average Bonchev–Trinajstić information content (AvgIpc) is 2.99. The van der Waals surface area contributed by atoms with E-state index in [2.05, 4.69) is 5.10 Å². The van der Waals surface area contributed by atoms with E-state index in [4.69, 9.17) is 22.1 Å². The van der Waals surface area contributed by atoms with Gasteiger partial charge >= 0.3 is 5.97 Å². The highest BCUT2D eigenvalue weighted by Gasteiger charge is 2.22. The largest absolute Gasteiger partial charge is 0.444 e. The second kappa shape index (κ2) is 8.70. The molecule has 0 saturated carbocycles. The quantitative estimate of drug-likeness (QED) is 0.492. The maximum atomic E-state index is 13.1. The number of para-hydroxylation sites is 1. The summed E-state index contributed by atoms with van der Waals surface area (Å²) in [6.07, 6.45) is 1.25. The first-order valence-electron chi connectivity index (χ1n) is 8.61. The predicted molar refractivity (Wildman–Crippen MR) is 107 cm³/mol. The van der Waals surface area contributed by atoms with Crippen LogP contribution in [0, 0.1) is 12.7 Å². The lowest BCUT2D eigenvalue weighted by molar-refractivity contribution is -0.150. The minimum Gasteiger partial charge on any atom is -0.444 e. The van der Waals surface area contributed by atoms with Crippen LogP contribution < -0.4 is 5.73 Å². The Labute approximate surface area is 171 Å². The SMILES string of the molecule is Cc1nn(-c2ccccc2)c(Cl)c1/C=C/C(=O)OC(C(N)=O)c1ccc(F)cc1. The van der Waals surface area contributed by atoms with Crippen LogP contribution in [-0.2, 0) is 14.3 Å². The zero-order chi connectivity index (χ0) is 21.0. The Morgan fingerprint density at radius 2 is 1.83 bits per heavy atom. The molecule has 8 heteroatoms. The van der Waals surface area contributed by atoms with Crippen molar-refractivity contribution >= 4 is 29.6 Å². The Bertz CT molecular complexity index is 1060. The molecule has 6 nitrogen and oxygen atoms in total. The molecule has 0 radical (unpaired) electrons. The maximum Gasteiger partial charge on any atom is 0.331 e. The van der Waals surface area contributed by atoms with E-state index in [0.29, 0.717) is 16.4 Å². The summed E-state index contributed by atoms with van der Waals surface area (Å²) in [6.45, 7) is 1.75. The lowest BCUT2D eigenvalue weighted by atomic mass is 10.1. The number of primary amides is 1. The predicted octanol–water partition coefficient (Wildman–Crippen LogP) is 3.76. The molecule has 0 bridgehead atoms. The number of hydrogen-bond acceptors (Lipinski definition) is 4. The first-order valence-corrected chi connectivity index (χ1v) is 8.98. The van der Waals surface area contributed by atoms with Crippen LogP contribution in [0.5, 0.6) is 0 Å².